The fraction of sp³-hybridized carbons (Fsp3) is 0.421. The molecule has 0 saturated carbocycles. The topological polar surface area (TPSA) is 63.6 Å². The van der Waals surface area contributed by atoms with Gasteiger partial charge in [0.1, 0.15) is 4.88 Å². The molecule has 6 heteroatoms. The van der Waals surface area contributed by atoms with Gasteiger partial charge in [0, 0.05) is 10.2 Å². The van der Waals surface area contributed by atoms with Gasteiger partial charge in [-0.1, -0.05) is 38.5 Å². The Hall–Kier alpha value is -1.42. The number of carboxylic acid groups (broad SMARTS) is 1. The van der Waals surface area contributed by atoms with E-state index in [4.69, 9.17) is 4.52 Å². The Morgan fingerprint density at radius 2 is 1.84 bits per heavy atom. The van der Waals surface area contributed by atoms with Crippen LogP contribution in [0.5, 0.6) is 0 Å². The molecule has 4 nitrogen and oxygen atoms in total. The van der Waals surface area contributed by atoms with E-state index < -0.39 is 13.3 Å². The molecule has 1 unspecified atom stereocenters. The summed E-state index contributed by atoms with van der Waals surface area (Å²) in [4.78, 5) is 12.9. The van der Waals surface area contributed by atoms with Crippen LogP contribution in [-0.2, 0) is 20.7 Å². The van der Waals surface area contributed by atoms with Gasteiger partial charge in [0.25, 0.3) is 0 Å². The normalized spacial score (nSPS) is 14.3. The van der Waals surface area contributed by atoms with Crippen molar-refractivity contribution in [1.29, 1.82) is 0 Å². The van der Waals surface area contributed by atoms with Crippen LogP contribution in [0.3, 0.4) is 0 Å². The van der Waals surface area contributed by atoms with Crippen LogP contribution in [0.1, 0.15) is 53.4 Å². The zero-order valence-electron chi connectivity index (χ0n) is 15.3. The van der Waals surface area contributed by atoms with Gasteiger partial charge in [-0.25, -0.2) is 4.79 Å². The lowest BCUT2D eigenvalue weighted by Gasteiger charge is -2.18. The average Bonchev–Trinajstić information content (AvgIpc) is 2.92. The maximum atomic E-state index is 13.5. The lowest BCUT2D eigenvalue weighted by Crippen LogP contribution is -2.11. The van der Waals surface area contributed by atoms with E-state index in [1.807, 2.05) is 58.0 Å². The lowest BCUT2D eigenvalue weighted by atomic mass is 9.94. The maximum absolute atomic E-state index is 13.5. The van der Waals surface area contributed by atoms with Crippen LogP contribution in [0.15, 0.2) is 30.3 Å². The van der Waals surface area contributed by atoms with Crippen LogP contribution >= 0.6 is 18.7 Å². The highest BCUT2D eigenvalue weighted by atomic mass is 32.1. The van der Waals surface area contributed by atoms with Crippen molar-refractivity contribution in [2.24, 2.45) is 0 Å². The van der Waals surface area contributed by atoms with E-state index in [0.717, 1.165) is 10.4 Å². The molecule has 0 aliphatic heterocycles. The average molecular weight is 380 g/mol. The third kappa shape index (κ3) is 4.60. The summed E-state index contributed by atoms with van der Waals surface area (Å²) in [6.45, 7) is 10.2. The summed E-state index contributed by atoms with van der Waals surface area (Å²) < 4.78 is 19.2. The predicted molar refractivity (Wildman–Crippen MR) is 104 cm³/mol. The molecule has 0 radical (unpaired) electrons. The van der Waals surface area contributed by atoms with E-state index in [-0.39, 0.29) is 16.5 Å². The lowest BCUT2D eigenvalue weighted by molar-refractivity contribution is 0.0701. The molecule has 2 rings (SSSR count). The highest BCUT2D eigenvalue weighted by molar-refractivity contribution is 7.66. The molecule has 0 aliphatic rings. The van der Waals surface area contributed by atoms with E-state index in [2.05, 4.69) is 0 Å². The van der Waals surface area contributed by atoms with E-state index >= 15 is 0 Å². The highest BCUT2D eigenvalue weighted by Gasteiger charge is 2.31. The van der Waals surface area contributed by atoms with Crippen molar-refractivity contribution in [2.45, 2.75) is 46.2 Å². The predicted octanol–water partition coefficient (Wildman–Crippen LogP) is 5.19. The molecule has 0 fully saturated rings. The quantitative estimate of drug-likeness (QED) is 0.700. The zero-order valence-corrected chi connectivity index (χ0v) is 17.0. The Balaban J connectivity index is 2.49. The second-order valence-corrected chi connectivity index (χ2v) is 10.6. The second kappa shape index (κ2) is 7.45. The van der Waals surface area contributed by atoms with Crippen LogP contribution in [0.2, 0.25) is 0 Å². The smallest absolute Gasteiger partial charge is 0.346 e. The van der Waals surface area contributed by atoms with Gasteiger partial charge >= 0.3 is 5.97 Å². The van der Waals surface area contributed by atoms with E-state index in [1.165, 1.54) is 11.3 Å². The number of carbonyl (C=O) groups is 1. The van der Waals surface area contributed by atoms with Gasteiger partial charge in [-0.3, -0.25) is 4.57 Å². The van der Waals surface area contributed by atoms with Gasteiger partial charge in [-0.05, 0) is 43.0 Å². The van der Waals surface area contributed by atoms with Crippen molar-refractivity contribution in [3.05, 3.63) is 51.2 Å². The summed E-state index contributed by atoms with van der Waals surface area (Å²) in [5, 5.41) is 10.2. The summed E-state index contributed by atoms with van der Waals surface area (Å²) in [7, 11) is -3.18. The number of rotatable bonds is 6. The Kier molecular flexibility index (Phi) is 5.93. The first-order chi connectivity index (χ1) is 11.6. The second-order valence-electron chi connectivity index (χ2n) is 7.11. The largest absolute Gasteiger partial charge is 0.477 e. The minimum absolute atomic E-state index is 0.0954. The minimum atomic E-state index is -3.18. The molecular weight excluding hydrogens is 355 g/mol. The van der Waals surface area contributed by atoms with Crippen LogP contribution < -0.4 is 5.30 Å². The molecule has 1 aromatic heterocycles. The number of hydrogen-bond donors (Lipinski definition) is 1. The van der Waals surface area contributed by atoms with Crippen molar-refractivity contribution in [3.63, 3.8) is 0 Å². The molecule has 1 atom stereocenters. The van der Waals surface area contributed by atoms with Gasteiger partial charge < -0.3 is 9.63 Å². The monoisotopic (exact) mass is 380 g/mol. The van der Waals surface area contributed by atoms with E-state index in [0.29, 0.717) is 17.5 Å². The molecule has 0 saturated heterocycles. The Morgan fingerprint density at radius 1 is 1.24 bits per heavy atom. The van der Waals surface area contributed by atoms with Crippen LogP contribution in [-0.4, -0.2) is 17.7 Å². The zero-order chi connectivity index (χ0) is 18.8. The molecule has 1 aromatic carbocycles. The van der Waals surface area contributed by atoms with Gasteiger partial charge in [-0.15, -0.1) is 11.3 Å². The molecule has 0 spiro atoms. The fourth-order valence-corrected chi connectivity index (χ4v) is 5.84. The fourth-order valence-electron chi connectivity index (χ4n) is 2.51. The summed E-state index contributed by atoms with van der Waals surface area (Å²) >= 11 is 1.25. The number of thiophene rings is 1. The highest BCUT2D eigenvalue weighted by Crippen LogP contribution is 2.51. The van der Waals surface area contributed by atoms with Crippen molar-refractivity contribution >= 4 is 30.0 Å². The van der Waals surface area contributed by atoms with Gasteiger partial charge in [-0.2, -0.15) is 0 Å². The third-order valence-corrected chi connectivity index (χ3v) is 7.99. The summed E-state index contributed by atoms with van der Waals surface area (Å²) in [5.41, 5.74) is 1.50. The molecule has 0 aliphatic carbocycles. The first kappa shape index (κ1) is 19.9. The number of aromatic carboxylic acids is 1. The minimum Gasteiger partial charge on any atom is -0.477 e. The van der Waals surface area contributed by atoms with E-state index in [1.54, 1.807) is 6.92 Å². The Bertz CT molecular complexity index is 800. The first-order valence-corrected chi connectivity index (χ1v) is 10.9. The van der Waals surface area contributed by atoms with Crippen molar-refractivity contribution in [1.82, 2.24) is 0 Å². The van der Waals surface area contributed by atoms with Gasteiger partial charge in [0.15, 0.2) is 0 Å². The van der Waals surface area contributed by atoms with Gasteiger partial charge in [0.2, 0.25) is 7.37 Å². The molecule has 0 bridgehead atoms. The van der Waals surface area contributed by atoms with E-state index in [9.17, 15) is 14.5 Å². The van der Waals surface area contributed by atoms with Crippen LogP contribution in [0.25, 0.3) is 0 Å². The van der Waals surface area contributed by atoms with Gasteiger partial charge in [0.05, 0.1) is 12.8 Å². The molecule has 1 N–H and O–H groups in total. The number of carboxylic acids is 1. The van der Waals surface area contributed by atoms with Crippen molar-refractivity contribution < 1.29 is 19.0 Å². The molecule has 0 amide bonds. The van der Waals surface area contributed by atoms with Crippen LogP contribution in [0, 0.1) is 6.92 Å². The van der Waals surface area contributed by atoms with Crippen molar-refractivity contribution in [2.75, 3.05) is 6.61 Å². The first-order valence-electron chi connectivity index (χ1n) is 8.24. The summed E-state index contributed by atoms with van der Waals surface area (Å²) in [6, 6.07) is 9.28. The molecule has 136 valence electrons. The molecule has 25 heavy (non-hydrogen) atoms. The molecule has 1 heterocycles. The number of hydrogen-bond acceptors (Lipinski definition) is 4. The SMILES string of the molecule is CCOP(=O)(Cc1cc(C(C)(C)C)sc1C(=O)O)c1ccc(C)cc1. The maximum Gasteiger partial charge on any atom is 0.346 e. The Labute approximate surface area is 153 Å². The third-order valence-electron chi connectivity index (χ3n) is 3.89. The summed E-state index contributed by atoms with van der Waals surface area (Å²) in [6.07, 6.45) is 0.0954. The summed E-state index contributed by atoms with van der Waals surface area (Å²) in [5.74, 6) is -0.984. The molecule has 2 aromatic rings. The number of aryl methyl sites for hydroxylation is 1. The van der Waals surface area contributed by atoms with Crippen molar-refractivity contribution in [3.8, 4) is 0 Å². The Morgan fingerprint density at radius 3 is 2.32 bits per heavy atom. The standard InChI is InChI=1S/C19H25O4PS/c1-6-23-24(22,15-9-7-13(2)8-10-15)12-14-11-16(19(3,4)5)25-17(14)18(20)21/h7-11H,6,12H2,1-5H3,(H,20,21). The number of benzene rings is 1. The molecular formula is C19H25O4PS. The van der Waals surface area contributed by atoms with Crippen LogP contribution in [0.4, 0.5) is 0 Å².